The SMILES string of the molecule is COc1ccc(C2SCCC(=O)N2Cc2ccncc2)cc1. The third-order valence-electron chi connectivity index (χ3n) is 3.70. The van der Waals surface area contributed by atoms with E-state index in [0.29, 0.717) is 13.0 Å². The van der Waals surface area contributed by atoms with Gasteiger partial charge in [-0.25, -0.2) is 0 Å². The van der Waals surface area contributed by atoms with Crippen LogP contribution in [-0.2, 0) is 11.3 Å². The summed E-state index contributed by atoms with van der Waals surface area (Å²) >= 11 is 1.81. The van der Waals surface area contributed by atoms with Gasteiger partial charge in [0.15, 0.2) is 0 Å². The number of benzene rings is 1. The fourth-order valence-corrected chi connectivity index (χ4v) is 3.76. The summed E-state index contributed by atoms with van der Waals surface area (Å²) in [5.41, 5.74) is 2.23. The van der Waals surface area contributed by atoms with Gasteiger partial charge in [-0.1, -0.05) is 12.1 Å². The molecule has 3 rings (SSSR count). The molecule has 2 heterocycles. The number of amides is 1. The number of carbonyl (C=O) groups excluding carboxylic acids is 1. The van der Waals surface area contributed by atoms with E-state index in [1.165, 1.54) is 0 Å². The number of aromatic nitrogens is 1. The molecule has 0 saturated carbocycles. The third-order valence-corrected chi connectivity index (χ3v) is 4.98. The first-order valence-corrected chi connectivity index (χ1v) is 8.27. The van der Waals surface area contributed by atoms with Gasteiger partial charge in [0.25, 0.3) is 0 Å². The van der Waals surface area contributed by atoms with Crippen molar-refractivity contribution >= 4 is 17.7 Å². The normalized spacial score (nSPS) is 18.3. The molecule has 1 fully saturated rings. The minimum absolute atomic E-state index is 0.0559. The fraction of sp³-hybridized carbons (Fsp3) is 0.294. The molecule has 5 heteroatoms. The van der Waals surface area contributed by atoms with E-state index < -0.39 is 0 Å². The monoisotopic (exact) mass is 314 g/mol. The highest BCUT2D eigenvalue weighted by Crippen LogP contribution is 2.38. The molecule has 1 aliphatic heterocycles. The highest BCUT2D eigenvalue weighted by molar-refractivity contribution is 7.99. The smallest absolute Gasteiger partial charge is 0.224 e. The molecule has 2 aromatic rings. The summed E-state index contributed by atoms with van der Waals surface area (Å²) in [6.45, 7) is 0.616. The summed E-state index contributed by atoms with van der Waals surface area (Å²) in [4.78, 5) is 18.4. The number of hydrogen-bond acceptors (Lipinski definition) is 4. The zero-order valence-electron chi connectivity index (χ0n) is 12.4. The van der Waals surface area contributed by atoms with Crippen LogP contribution in [0.1, 0.15) is 22.9 Å². The third kappa shape index (κ3) is 3.25. The van der Waals surface area contributed by atoms with Gasteiger partial charge in [-0.05, 0) is 35.4 Å². The van der Waals surface area contributed by atoms with Gasteiger partial charge in [-0.3, -0.25) is 9.78 Å². The second-order valence-electron chi connectivity index (χ2n) is 5.12. The number of methoxy groups -OCH3 is 1. The van der Waals surface area contributed by atoms with Crippen LogP contribution in [0, 0.1) is 0 Å². The quantitative estimate of drug-likeness (QED) is 0.869. The molecule has 0 bridgehead atoms. The number of carbonyl (C=O) groups is 1. The maximum Gasteiger partial charge on any atom is 0.224 e. The number of ether oxygens (including phenoxy) is 1. The first-order valence-electron chi connectivity index (χ1n) is 7.22. The van der Waals surface area contributed by atoms with Crippen molar-refractivity contribution in [2.45, 2.75) is 18.3 Å². The van der Waals surface area contributed by atoms with Crippen LogP contribution in [0.4, 0.5) is 0 Å². The Bertz CT molecular complexity index is 631. The van der Waals surface area contributed by atoms with Crippen molar-refractivity contribution in [1.82, 2.24) is 9.88 Å². The summed E-state index contributed by atoms with van der Waals surface area (Å²) in [7, 11) is 1.66. The van der Waals surface area contributed by atoms with Gasteiger partial charge in [0.2, 0.25) is 5.91 Å². The zero-order valence-corrected chi connectivity index (χ0v) is 13.3. The van der Waals surface area contributed by atoms with Gasteiger partial charge >= 0.3 is 0 Å². The number of thioether (sulfide) groups is 1. The molecule has 1 aliphatic rings. The Kier molecular flexibility index (Phi) is 4.63. The maximum atomic E-state index is 12.4. The van der Waals surface area contributed by atoms with E-state index in [4.69, 9.17) is 4.74 Å². The molecule has 0 N–H and O–H groups in total. The van der Waals surface area contributed by atoms with E-state index in [1.807, 2.05) is 53.1 Å². The van der Waals surface area contributed by atoms with Gasteiger partial charge in [-0.15, -0.1) is 11.8 Å². The predicted octanol–water partition coefficient (Wildman–Crippen LogP) is 3.25. The van der Waals surface area contributed by atoms with Crippen LogP contribution in [-0.4, -0.2) is 28.7 Å². The largest absolute Gasteiger partial charge is 0.497 e. The molecule has 1 unspecified atom stereocenters. The number of rotatable bonds is 4. The molecule has 1 aromatic heterocycles. The molecule has 4 nitrogen and oxygen atoms in total. The lowest BCUT2D eigenvalue weighted by molar-refractivity contribution is -0.132. The van der Waals surface area contributed by atoms with Crippen LogP contribution < -0.4 is 4.74 Å². The highest BCUT2D eigenvalue weighted by atomic mass is 32.2. The van der Waals surface area contributed by atoms with Crippen molar-refractivity contribution in [3.05, 3.63) is 59.9 Å². The van der Waals surface area contributed by atoms with Gasteiger partial charge in [0, 0.05) is 31.1 Å². The predicted molar refractivity (Wildman–Crippen MR) is 87.6 cm³/mol. The Balaban J connectivity index is 1.84. The van der Waals surface area contributed by atoms with Gasteiger partial charge < -0.3 is 9.64 Å². The minimum atomic E-state index is 0.0559. The Morgan fingerprint density at radius 2 is 1.95 bits per heavy atom. The van der Waals surface area contributed by atoms with E-state index in [0.717, 1.165) is 22.6 Å². The van der Waals surface area contributed by atoms with Crippen LogP contribution in [0.25, 0.3) is 0 Å². The molecular formula is C17H18N2O2S. The molecular weight excluding hydrogens is 296 g/mol. The topological polar surface area (TPSA) is 42.4 Å². The van der Waals surface area contributed by atoms with Gasteiger partial charge in [-0.2, -0.15) is 0 Å². The molecule has 1 atom stereocenters. The molecule has 0 radical (unpaired) electrons. The Morgan fingerprint density at radius 3 is 2.64 bits per heavy atom. The maximum absolute atomic E-state index is 12.4. The van der Waals surface area contributed by atoms with E-state index in [9.17, 15) is 4.79 Å². The Morgan fingerprint density at radius 1 is 1.23 bits per heavy atom. The van der Waals surface area contributed by atoms with E-state index >= 15 is 0 Å². The first kappa shape index (κ1) is 14.9. The van der Waals surface area contributed by atoms with Crippen molar-refractivity contribution in [3.63, 3.8) is 0 Å². The number of pyridine rings is 1. The molecule has 1 aromatic carbocycles. The van der Waals surface area contributed by atoms with Crippen molar-refractivity contribution in [2.24, 2.45) is 0 Å². The first-order chi connectivity index (χ1) is 10.8. The van der Waals surface area contributed by atoms with Crippen molar-refractivity contribution < 1.29 is 9.53 Å². The molecule has 0 spiro atoms. The van der Waals surface area contributed by atoms with Crippen molar-refractivity contribution in [2.75, 3.05) is 12.9 Å². The van der Waals surface area contributed by atoms with Crippen LogP contribution in [0.3, 0.4) is 0 Å². The Hall–Kier alpha value is -2.01. The van der Waals surface area contributed by atoms with Crippen LogP contribution in [0.15, 0.2) is 48.8 Å². The lowest BCUT2D eigenvalue weighted by Crippen LogP contribution is -2.36. The molecule has 114 valence electrons. The second kappa shape index (κ2) is 6.83. The summed E-state index contributed by atoms with van der Waals surface area (Å²) in [5.74, 6) is 1.90. The zero-order chi connectivity index (χ0) is 15.4. The van der Waals surface area contributed by atoms with Gasteiger partial charge in [0.1, 0.15) is 11.1 Å². The molecule has 0 aliphatic carbocycles. The minimum Gasteiger partial charge on any atom is -0.497 e. The fourth-order valence-electron chi connectivity index (χ4n) is 2.52. The second-order valence-corrected chi connectivity index (χ2v) is 6.31. The summed E-state index contributed by atoms with van der Waals surface area (Å²) < 4.78 is 5.21. The van der Waals surface area contributed by atoms with Crippen LogP contribution in [0.5, 0.6) is 5.75 Å². The standard InChI is InChI=1S/C17H18N2O2S/c1-21-15-4-2-14(3-5-15)17-19(16(20)8-11-22-17)12-13-6-9-18-10-7-13/h2-7,9-10,17H,8,11-12H2,1H3. The number of hydrogen-bond donors (Lipinski definition) is 0. The lowest BCUT2D eigenvalue weighted by atomic mass is 10.1. The summed E-state index contributed by atoms with van der Waals surface area (Å²) in [6.07, 6.45) is 4.13. The van der Waals surface area contributed by atoms with Crippen LogP contribution >= 0.6 is 11.8 Å². The highest BCUT2D eigenvalue weighted by Gasteiger charge is 2.29. The van der Waals surface area contributed by atoms with Crippen LogP contribution in [0.2, 0.25) is 0 Å². The summed E-state index contributed by atoms with van der Waals surface area (Å²) in [6, 6.07) is 11.9. The number of nitrogens with zero attached hydrogens (tertiary/aromatic N) is 2. The average Bonchev–Trinajstić information content (AvgIpc) is 2.58. The van der Waals surface area contributed by atoms with Crippen molar-refractivity contribution in [1.29, 1.82) is 0 Å². The molecule has 1 amide bonds. The average molecular weight is 314 g/mol. The molecule has 1 saturated heterocycles. The van der Waals surface area contributed by atoms with E-state index in [2.05, 4.69) is 4.98 Å². The van der Waals surface area contributed by atoms with E-state index in [1.54, 1.807) is 19.5 Å². The summed E-state index contributed by atoms with van der Waals surface area (Å²) in [5, 5.41) is 0.0559. The van der Waals surface area contributed by atoms with E-state index in [-0.39, 0.29) is 11.3 Å². The van der Waals surface area contributed by atoms with Gasteiger partial charge in [0.05, 0.1) is 7.11 Å². The lowest BCUT2D eigenvalue weighted by Gasteiger charge is -2.35. The van der Waals surface area contributed by atoms with Crippen molar-refractivity contribution in [3.8, 4) is 5.75 Å². The Labute approximate surface area is 134 Å². The molecule has 22 heavy (non-hydrogen) atoms.